The molecule has 2 fully saturated rings. The molecule has 116 valence electrons. The van der Waals surface area contributed by atoms with Crippen molar-refractivity contribution in [2.24, 2.45) is 0 Å². The minimum atomic E-state index is 0.736. The number of benzene rings is 1. The quantitative estimate of drug-likeness (QED) is 0.878. The molecule has 1 unspecified atom stereocenters. The summed E-state index contributed by atoms with van der Waals surface area (Å²) in [6.07, 6.45) is 1.30. The smallest absolute Gasteiger partial charge is 0.0594 e. The minimum absolute atomic E-state index is 0.736. The Balaban J connectivity index is 1.38. The maximum absolute atomic E-state index is 5.44. The van der Waals surface area contributed by atoms with Crippen LogP contribution in [0.3, 0.4) is 0 Å². The molecule has 1 atom stereocenters. The molecule has 0 saturated carbocycles. The third-order valence-corrected chi connectivity index (χ3v) is 4.88. The van der Waals surface area contributed by atoms with E-state index in [2.05, 4.69) is 55.3 Å². The van der Waals surface area contributed by atoms with E-state index in [1.165, 1.54) is 25.2 Å². The van der Waals surface area contributed by atoms with Gasteiger partial charge in [-0.2, -0.15) is 0 Å². The van der Waals surface area contributed by atoms with Crippen molar-refractivity contribution >= 4 is 21.6 Å². The fraction of sp³-hybridized carbons (Fsp3) is 0.625. The zero-order valence-electron chi connectivity index (χ0n) is 12.4. The molecule has 2 aliphatic heterocycles. The van der Waals surface area contributed by atoms with E-state index in [4.69, 9.17) is 4.74 Å². The summed E-state index contributed by atoms with van der Waals surface area (Å²) in [5.41, 5.74) is 1.19. The largest absolute Gasteiger partial charge is 0.384 e. The molecule has 1 aromatic carbocycles. The SMILES string of the molecule is Brc1cccc(NCCN2CCC(N3CCOCC3)C2)c1. The van der Waals surface area contributed by atoms with E-state index in [1.54, 1.807) is 0 Å². The van der Waals surface area contributed by atoms with Gasteiger partial charge in [0.05, 0.1) is 13.2 Å². The van der Waals surface area contributed by atoms with E-state index in [9.17, 15) is 0 Å². The van der Waals surface area contributed by atoms with Crippen LogP contribution in [0.1, 0.15) is 6.42 Å². The van der Waals surface area contributed by atoms with Crippen LogP contribution in [0.25, 0.3) is 0 Å². The third kappa shape index (κ3) is 4.42. The van der Waals surface area contributed by atoms with Crippen molar-refractivity contribution in [1.82, 2.24) is 9.80 Å². The van der Waals surface area contributed by atoms with Gasteiger partial charge in [0.1, 0.15) is 0 Å². The van der Waals surface area contributed by atoms with Crippen molar-refractivity contribution in [3.8, 4) is 0 Å². The molecule has 3 rings (SSSR count). The van der Waals surface area contributed by atoms with Gasteiger partial charge >= 0.3 is 0 Å². The average molecular weight is 354 g/mol. The second-order valence-corrected chi connectivity index (χ2v) is 6.74. The highest BCUT2D eigenvalue weighted by molar-refractivity contribution is 9.10. The standard InChI is InChI=1S/C16H24BrN3O/c17-14-2-1-3-15(12-14)18-5-7-19-6-4-16(13-19)20-8-10-21-11-9-20/h1-3,12,16,18H,4-11,13H2. The number of halogens is 1. The van der Waals surface area contributed by atoms with Crippen LogP contribution in [0.15, 0.2) is 28.7 Å². The van der Waals surface area contributed by atoms with Crippen molar-refractivity contribution in [2.75, 3.05) is 57.8 Å². The van der Waals surface area contributed by atoms with Crippen LogP contribution in [0, 0.1) is 0 Å². The third-order valence-electron chi connectivity index (χ3n) is 4.39. The first kappa shape index (κ1) is 15.3. The molecule has 5 heteroatoms. The molecule has 0 bridgehead atoms. The second kappa shape index (κ2) is 7.58. The highest BCUT2D eigenvalue weighted by atomic mass is 79.9. The Hall–Kier alpha value is -0.620. The molecule has 2 heterocycles. The Labute approximate surface area is 135 Å². The van der Waals surface area contributed by atoms with Crippen LogP contribution in [0.5, 0.6) is 0 Å². The highest BCUT2D eigenvalue weighted by Crippen LogP contribution is 2.18. The Kier molecular flexibility index (Phi) is 5.52. The molecule has 1 aromatic rings. The first-order chi connectivity index (χ1) is 10.3. The van der Waals surface area contributed by atoms with Crippen LogP contribution in [-0.4, -0.2) is 68.3 Å². The summed E-state index contributed by atoms with van der Waals surface area (Å²) in [4.78, 5) is 5.18. The lowest BCUT2D eigenvalue weighted by atomic mass is 10.2. The van der Waals surface area contributed by atoms with Crippen molar-refractivity contribution in [2.45, 2.75) is 12.5 Å². The topological polar surface area (TPSA) is 27.7 Å². The van der Waals surface area contributed by atoms with Gasteiger partial charge in [0, 0.05) is 48.9 Å². The number of rotatable bonds is 5. The predicted octanol–water partition coefficient (Wildman–Crippen LogP) is 2.27. The van der Waals surface area contributed by atoms with Gasteiger partial charge in [-0.15, -0.1) is 0 Å². The van der Waals surface area contributed by atoms with Gasteiger partial charge in [-0.1, -0.05) is 22.0 Å². The molecule has 4 nitrogen and oxygen atoms in total. The van der Waals surface area contributed by atoms with Crippen molar-refractivity contribution in [3.63, 3.8) is 0 Å². The molecule has 2 saturated heterocycles. The zero-order valence-corrected chi connectivity index (χ0v) is 14.0. The van der Waals surface area contributed by atoms with Gasteiger partial charge in [-0.3, -0.25) is 9.80 Å². The van der Waals surface area contributed by atoms with Crippen LogP contribution in [-0.2, 0) is 4.74 Å². The van der Waals surface area contributed by atoms with Crippen LogP contribution in [0.2, 0.25) is 0 Å². The average Bonchev–Trinajstić information content (AvgIpc) is 2.97. The van der Waals surface area contributed by atoms with E-state index in [0.29, 0.717) is 0 Å². The Morgan fingerprint density at radius 2 is 2.10 bits per heavy atom. The van der Waals surface area contributed by atoms with Crippen molar-refractivity contribution < 1.29 is 4.74 Å². The Bertz CT molecular complexity index is 451. The summed E-state index contributed by atoms with van der Waals surface area (Å²) >= 11 is 3.51. The first-order valence-electron chi connectivity index (χ1n) is 7.85. The Morgan fingerprint density at radius 3 is 2.90 bits per heavy atom. The summed E-state index contributed by atoms with van der Waals surface area (Å²) in [6, 6.07) is 9.10. The number of nitrogens with one attached hydrogen (secondary N) is 1. The predicted molar refractivity (Wildman–Crippen MR) is 89.9 cm³/mol. The summed E-state index contributed by atoms with van der Waals surface area (Å²) in [5.74, 6) is 0. The molecule has 1 N–H and O–H groups in total. The summed E-state index contributed by atoms with van der Waals surface area (Å²) < 4.78 is 6.57. The van der Waals surface area contributed by atoms with Gasteiger partial charge in [0.25, 0.3) is 0 Å². The first-order valence-corrected chi connectivity index (χ1v) is 8.64. The second-order valence-electron chi connectivity index (χ2n) is 5.83. The van der Waals surface area contributed by atoms with Gasteiger partial charge in [-0.25, -0.2) is 0 Å². The van der Waals surface area contributed by atoms with E-state index in [0.717, 1.165) is 49.9 Å². The number of morpholine rings is 1. The van der Waals surface area contributed by atoms with E-state index >= 15 is 0 Å². The minimum Gasteiger partial charge on any atom is -0.384 e. The number of hydrogen-bond donors (Lipinski definition) is 1. The summed E-state index contributed by atoms with van der Waals surface area (Å²) in [7, 11) is 0. The molecule has 0 radical (unpaired) electrons. The maximum atomic E-state index is 5.44. The van der Waals surface area contributed by atoms with Crippen LogP contribution < -0.4 is 5.32 Å². The maximum Gasteiger partial charge on any atom is 0.0594 e. The molecular weight excluding hydrogens is 330 g/mol. The van der Waals surface area contributed by atoms with Gasteiger partial charge in [0.15, 0.2) is 0 Å². The lowest BCUT2D eigenvalue weighted by Gasteiger charge is -2.32. The van der Waals surface area contributed by atoms with Gasteiger partial charge < -0.3 is 10.1 Å². The van der Waals surface area contributed by atoms with Gasteiger partial charge in [-0.05, 0) is 31.2 Å². The van der Waals surface area contributed by atoms with Gasteiger partial charge in [0.2, 0.25) is 0 Å². The van der Waals surface area contributed by atoms with Crippen molar-refractivity contribution in [3.05, 3.63) is 28.7 Å². The molecule has 0 aliphatic carbocycles. The lowest BCUT2D eigenvalue weighted by molar-refractivity contribution is 0.0186. The van der Waals surface area contributed by atoms with E-state index in [1.807, 2.05) is 0 Å². The molecular formula is C16H24BrN3O. The number of hydrogen-bond acceptors (Lipinski definition) is 4. The number of ether oxygens (including phenoxy) is 1. The van der Waals surface area contributed by atoms with Crippen molar-refractivity contribution in [1.29, 1.82) is 0 Å². The zero-order chi connectivity index (χ0) is 14.5. The summed E-state index contributed by atoms with van der Waals surface area (Å²) in [6.45, 7) is 8.58. The van der Waals surface area contributed by atoms with E-state index in [-0.39, 0.29) is 0 Å². The highest BCUT2D eigenvalue weighted by Gasteiger charge is 2.28. The number of likely N-dealkylation sites (tertiary alicyclic amines) is 1. The van der Waals surface area contributed by atoms with E-state index < -0.39 is 0 Å². The number of nitrogens with zero attached hydrogens (tertiary/aromatic N) is 2. The van der Waals surface area contributed by atoms with Crippen LogP contribution in [0.4, 0.5) is 5.69 Å². The molecule has 0 aromatic heterocycles. The van der Waals surface area contributed by atoms with Crippen LogP contribution >= 0.6 is 15.9 Å². The molecule has 2 aliphatic rings. The lowest BCUT2D eigenvalue weighted by Crippen LogP contribution is -2.44. The Morgan fingerprint density at radius 1 is 1.24 bits per heavy atom. The molecule has 21 heavy (non-hydrogen) atoms. The fourth-order valence-electron chi connectivity index (χ4n) is 3.21. The fourth-order valence-corrected chi connectivity index (χ4v) is 3.61. The number of anilines is 1. The molecule has 0 spiro atoms. The monoisotopic (exact) mass is 353 g/mol. The molecule has 0 amide bonds. The summed E-state index contributed by atoms with van der Waals surface area (Å²) in [5, 5.41) is 3.50. The normalized spacial score (nSPS) is 24.3.